The first-order chi connectivity index (χ1) is 8.97. The van der Waals surface area contributed by atoms with Crippen LogP contribution in [-0.4, -0.2) is 19.1 Å². The summed E-state index contributed by atoms with van der Waals surface area (Å²) >= 11 is 0. The van der Waals surface area contributed by atoms with Gasteiger partial charge in [0.15, 0.2) is 0 Å². The lowest BCUT2D eigenvalue weighted by Crippen LogP contribution is -2.44. The number of methoxy groups -OCH3 is 1. The van der Waals surface area contributed by atoms with Crippen molar-refractivity contribution in [1.82, 2.24) is 0 Å². The Labute approximate surface area is 112 Å². The Morgan fingerprint density at radius 1 is 1.58 bits per heavy atom. The summed E-state index contributed by atoms with van der Waals surface area (Å²) in [4.78, 5) is 12.3. The molecule has 1 aromatic rings. The average Bonchev–Trinajstić information content (AvgIpc) is 2.73. The van der Waals surface area contributed by atoms with Gasteiger partial charge in [0, 0.05) is 12.1 Å². The van der Waals surface area contributed by atoms with Crippen LogP contribution in [0.5, 0.6) is 5.75 Å². The highest BCUT2D eigenvalue weighted by atomic mass is 19.1. The predicted octanol–water partition coefficient (Wildman–Crippen LogP) is 2.29. The molecule has 0 spiro atoms. The molecule has 4 nitrogen and oxygen atoms in total. The van der Waals surface area contributed by atoms with Gasteiger partial charge < -0.3 is 15.8 Å². The third-order valence-corrected chi connectivity index (χ3v) is 3.97. The summed E-state index contributed by atoms with van der Waals surface area (Å²) in [6.07, 6.45) is 2.47. The Balaban J connectivity index is 2.19. The first kappa shape index (κ1) is 13.8. The molecule has 0 bridgehead atoms. The fraction of sp³-hybridized carbons (Fsp3) is 0.500. The van der Waals surface area contributed by atoms with Gasteiger partial charge in [-0.25, -0.2) is 4.39 Å². The molecule has 2 atom stereocenters. The minimum atomic E-state index is -0.629. The van der Waals surface area contributed by atoms with Crippen LogP contribution in [0.15, 0.2) is 18.2 Å². The van der Waals surface area contributed by atoms with Gasteiger partial charge in [-0.05, 0) is 31.9 Å². The molecule has 0 saturated heterocycles. The van der Waals surface area contributed by atoms with Crippen molar-refractivity contribution in [3.05, 3.63) is 24.0 Å². The van der Waals surface area contributed by atoms with Crippen LogP contribution >= 0.6 is 0 Å². The second-order valence-electron chi connectivity index (χ2n) is 5.22. The van der Waals surface area contributed by atoms with E-state index in [4.69, 9.17) is 10.5 Å². The van der Waals surface area contributed by atoms with Gasteiger partial charge in [0.05, 0.1) is 18.2 Å². The molecule has 0 aliphatic heterocycles. The predicted molar refractivity (Wildman–Crippen MR) is 71.5 cm³/mol. The quantitative estimate of drug-likeness (QED) is 0.882. The molecule has 2 unspecified atom stereocenters. The Morgan fingerprint density at radius 3 is 2.89 bits per heavy atom. The van der Waals surface area contributed by atoms with Crippen molar-refractivity contribution >= 4 is 11.6 Å². The highest BCUT2D eigenvalue weighted by Crippen LogP contribution is 2.38. The van der Waals surface area contributed by atoms with Crippen molar-refractivity contribution in [2.24, 2.45) is 11.1 Å². The van der Waals surface area contributed by atoms with Gasteiger partial charge in [0.25, 0.3) is 0 Å². The van der Waals surface area contributed by atoms with Crippen LogP contribution in [0.25, 0.3) is 0 Å². The zero-order valence-corrected chi connectivity index (χ0v) is 11.2. The first-order valence-electron chi connectivity index (χ1n) is 6.38. The van der Waals surface area contributed by atoms with E-state index in [1.165, 1.54) is 25.3 Å². The third-order valence-electron chi connectivity index (χ3n) is 3.97. The molecule has 1 amide bonds. The number of carbonyl (C=O) groups excluding carboxylic acids is 1. The molecule has 104 valence electrons. The lowest BCUT2D eigenvalue weighted by Gasteiger charge is -2.27. The third kappa shape index (κ3) is 2.56. The highest BCUT2D eigenvalue weighted by molar-refractivity contribution is 5.96. The van der Waals surface area contributed by atoms with Gasteiger partial charge in [-0.2, -0.15) is 0 Å². The summed E-state index contributed by atoms with van der Waals surface area (Å²) < 4.78 is 18.7. The molecule has 1 aromatic carbocycles. The number of ether oxygens (including phenoxy) is 1. The van der Waals surface area contributed by atoms with Crippen molar-refractivity contribution in [3.63, 3.8) is 0 Å². The summed E-state index contributed by atoms with van der Waals surface area (Å²) in [7, 11) is 1.49. The number of anilines is 1. The Kier molecular flexibility index (Phi) is 3.75. The maximum absolute atomic E-state index is 13.7. The standard InChI is InChI=1S/C14H19FN2O2/c1-14(7-3-4-12(14)16)13(18)17-11-8-9(19-2)5-6-10(11)15/h5-6,8,12H,3-4,7,16H2,1-2H3,(H,17,18). The monoisotopic (exact) mass is 266 g/mol. The second kappa shape index (κ2) is 5.17. The summed E-state index contributed by atoms with van der Waals surface area (Å²) in [6, 6.07) is 4.07. The number of benzene rings is 1. The lowest BCUT2D eigenvalue weighted by atomic mass is 9.84. The van der Waals surface area contributed by atoms with Crippen LogP contribution in [0.1, 0.15) is 26.2 Å². The fourth-order valence-corrected chi connectivity index (χ4v) is 2.47. The van der Waals surface area contributed by atoms with Gasteiger partial charge >= 0.3 is 0 Å². The number of halogens is 1. The van der Waals surface area contributed by atoms with Crippen LogP contribution in [0.2, 0.25) is 0 Å². The van der Waals surface area contributed by atoms with Crippen molar-refractivity contribution in [2.75, 3.05) is 12.4 Å². The first-order valence-corrected chi connectivity index (χ1v) is 6.38. The van der Waals surface area contributed by atoms with Crippen LogP contribution in [-0.2, 0) is 4.79 Å². The van der Waals surface area contributed by atoms with Crippen molar-refractivity contribution in [3.8, 4) is 5.75 Å². The molecular weight excluding hydrogens is 247 g/mol. The van der Waals surface area contributed by atoms with E-state index in [-0.39, 0.29) is 17.6 Å². The van der Waals surface area contributed by atoms with Crippen LogP contribution in [0.3, 0.4) is 0 Å². The van der Waals surface area contributed by atoms with Crippen LogP contribution in [0, 0.1) is 11.2 Å². The van der Waals surface area contributed by atoms with E-state index in [9.17, 15) is 9.18 Å². The lowest BCUT2D eigenvalue weighted by molar-refractivity contribution is -0.125. The van der Waals surface area contributed by atoms with Gasteiger partial charge in [-0.1, -0.05) is 6.42 Å². The molecule has 1 fully saturated rings. The zero-order valence-electron chi connectivity index (χ0n) is 11.2. The molecule has 1 saturated carbocycles. The number of rotatable bonds is 3. The molecule has 19 heavy (non-hydrogen) atoms. The number of carbonyl (C=O) groups is 1. The van der Waals surface area contributed by atoms with Crippen molar-refractivity contribution in [2.45, 2.75) is 32.2 Å². The fourth-order valence-electron chi connectivity index (χ4n) is 2.47. The van der Waals surface area contributed by atoms with Crippen LogP contribution in [0.4, 0.5) is 10.1 Å². The highest BCUT2D eigenvalue weighted by Gasteiger charge is 2.43. The summed E-state index contributed by atoms with van der Waals surface area (Å²) in [5.74, 6) is -0.216. The van der Waals surface area contributed by atoms with Crippen LogP contribution < -0.4 is 15.8 Å². The minimum absolute atomic E-state index is 0.129. The number of amides is 1. The number of hydrogen-bond acceptors (Lipinski definition) is 3. The van der Waals surface area contributed by atoms with Gasteiger partial charge in [0.1, 0.15) is 11.6 Å². The molecule has 0 heterocycles. The van der Waals surface area contributed by atoms with Gasteiger partial charge in [-0.15, -0.1) is 0 Å². The minimum Gasteiger partial charge on any atom is -0.497 e. The second-order valence-corrected chi connectivity index (χ2v) is 5.22. The van der Waals surface area contributed by atoms with E-state index in [0.29, 0.717) is 5.75 Å². The smallest absolute Gasteiger partial charge is 0.231 e. The van der Waals surface area contributed by atoms with E-state index in [2.05, 4.69) is 5.32 Å². The van der Waals surface area contributed by atoms with E-state index in [0.717, 1.165) is 19.3 Å². The van der Waals surface area contributed by atoms with Crippen molar-refractivity contribution in [1.29, 1.82) is 0 Å². The molecule has 1 aliphatic rings. The number of nitrogens with one attached hydrogen (secondary N) is 1. The topological polar surface area (TPSA) is 64.3 Å². The number of hydrogen-bond donors (Lipinski definition) is 2. The summed E-state index contributed by atoms with van der Waals surface area (Å²) in [6.45, 7) is 1.83. The largest absolute Gasteiger partial charge is 0.497 e. The zero-order chi connectivity index (χ0) is 14.0. The molecular formula is C14H19FN2O2. The Hall–Kier alpha value is -1.62. The number of nitrogens with two attached hydrogens (primary N) is 1. The molecule has 1 aliphatic carbocycles. The normalized spacial score (nSPS) is 26.2. The summed E-state index contributed by atoms with van der Waals surface area (Å²) in [5, 5.41) is 2.62. The van der Waals surface area contributed by atoms with E-state index in [1.807, 2.05) is 6.92 Å². The van der Waals surface area contributed by atoms with Gasteiger partial charge in [-0.3, -0.25) is 4.79 Å². The SMILES string of the molecule is COc1ccc(F)c(NC(=O)C2(C)CCCC2N)c1. The van der Waals surface area contributed by atoms with E-state index < -0.39 is 11.2 Å². The Bertz CT molecular complexity index is 492. The maximum atomic E-state index is 13.7. The van der Waals surface area contributed by atoms with E-state index >= 15 is 0 Å². The molecule has 0 aromatic heterocycles. The van der Waals surface area contributed by atoms with Gasteiger partial charge in [0.2, 0.25) is 5.91 Å². The maximum Gasteiger partial charge on any atom is 0.231 e. The average molecular weight is 266 g/mol. The molecule has 2 rings (SSSR count). The summed E-state index contributed by atoms with van der Waals surface area (Å²) in [5.41, 5.74) is 5.48. The Morgan fingerprint density at radius 2 is 2.32 bits per heavy atom. The molecule has 5 heteroatoms. The van der Waals surface area contributed by atoms with Crippen molar-refractivity contribution < 1.29 is 13.9 Å². The molecule has 0 radical (unpaired) electrons. The van der Waals surface area contributed by atoms with E-state index in [1.54, 1.807) is 0 Å². The molecule has 3 N–H and O–H groups in total.